The van der Waals surface area contributed by atoms with E-state index in [0.717, 1.165) is 6.42 Å². The van der Waals surface area contributed by atoms with Crippen molar-refractivity contribution in [1.29, 1.82) is 0 Å². The molecule has 0 unspecified atom stereocenters. The van der Waals surface area contributed by atoms with E-state index in [1.165, 1.54) is 18.2 Å². The summed E-state index contributed by atoms with van der Waals surface area (Å²) in [5, 5.41) is 11.1. The van der Waals surface area contributed by atoms with Gasteiger partial charge in [-0.1, -0.05) is 6.08 Å². The van der Waals surface area contributed by atoms with Crippen LogP contribution in [0.25, 0.3) is 17.7 Å². The quantitative estimate of drug-likeness (QED) is 0.734. The van der Waals surface area contributed by atoms with Crippen molar-refractivity contribution in [2.45, 2.75) is 12.8 Å². The minimum Gasteiger partial charge on any atom is -0.508 e. The van der Waals surface area contributed by atoms with Gasteiger partial charge in [0.05, 0.1) is 13.0 Å². The minimum atomic E-state index is -0.403. The molecule has 22 heavy (non-hydrogen) atoms. The van der Waals surface area contributed by atoms with Crippen molar-refractivity contribution in [3.05, 3.63) is 45.3 Å². The third-order valence-corrected chi connectivity index (χ3v) is 4.04. The van der Waals surface area contributed by atoms with E-state index in [1.807, 2.05) is 6.08 Å². The molecular formula is C17H13FO4. The van der Waals surface area contributed by atoms with Crippen molar-refractivity contribution in [3.8, 4) is 5.75 Å². The first kappa shape index (κ1) is 13.1. The van der Waals surface area contributed by atoms with Gasteiger partial charge in [0.25, 0.3) is 0 Å². The molecule has 1 saturated heterocycles. The molecule has 0 saturated carbocycles. The predicted molar refractivity (Wildman–Crippen MR) is 77.9 cm³/mol. The van der Waals surface area contributed by atoms with E-state index in [2.05, 4.69) is 0 Å². The number of hydrogen-bond acceptors (Lipinski definition) is 4. The van der Waals surface area contributed by atoms with Crippen LogP contribution in [0, 0.1) is 5.82 Å². The van der Waals surface area contributed by atoms with Gasteiger partial charge < -0.3 is 14.6 Å². The SMILES string of the molecule is O=C1CC2=CC(O)=Cc3c4c(cc(F)c3=C2CO1)=CCCO4. The van der Waals surface area contributed by atoms with E-state index in [1.54, 1.807) is 0 Å². The molecule has 0 aromatic heterocycles. The lowest BCUT2D eigenvalue weighted by molar-refractivity contribution is -0.142. The van der Waals surface area contributed by atoms with Crippen molar-refractivity contribution >= 4 is 23.7 Å². The van der Waals surface area contributed by atoms with Crippen molar-refractivity contribution in [2.75, 3.05) is 13.2 Å². The lowest BCUT2D eigenvalue weighted by atomic mass is 9.96. The summed E-state index contributed by atoms with van der Waals surface area (Å²) in [7, 11) is 0. The number of benzene rings is 1. The van der Waals surface area contributed by atoms with Gasteiger partial charge in [0.15, 0.2) is 0 Å². The van der Waals surface area contributed by atoms with Gasteiger partial charge >= 0.3 is 5.97 Å². The summed E-state index contributed by atoms with van der Waals surface area (Å²) in [5.41, 5.74) is 1.68. The smallest absolute Gasteiger partial charge is 0.310 e. The average molecular weight is 300 g/mol. The lowest BCUT2D eigenvalue weighted by Crippen LogP contribution is -2.29. The van der Waals surface area contributed by atoms with Crippen LogP contribution in [0.4, 0.5) is 4.39 Å². The molecule has 3 aliphatic rings. The normalized spacial score (nSPS) is 19.3. The van der Waals surface area contributed by atoms with E-state index >= 15 is 0 Å². The number of ether oxygens (including phenoxy) is 2. The van der Waals surface area contributed by atoms with E-state index in [0.29, 0.717) is 39.5 Å². The first-order valence-corrected chi connectivity index (χ1v) is 7.09. The molecule has 0 spiro atoms. The Bertz CT molecular complexity index is 877. The molecule has 5 heteroatoms. The van der Waals surface area contributed by atoms with Gasteiger partial charge in [0, 0.05) is 28.0 Å². The Labute approximate surface area is 125 Å². The molecule has 1 N–H and O–H groups in total. The number of halogens is 1. The fourth-order valence-electron chi connectivity index (χ4n) is 3.10. The second kappa shape index (κ2) is 4.73. The van der Waals surface area contributed by atoms with E-state index < -0.39 is 5.82 Å². The summed E-state index contributed by atoms with van der Waals surface area (Å²) < 4.78 is 25.4. The second-order valence-electron chi connectivity index (χ2n) is 5.46. The van der Waals surface area contributed by atoms with Crippen molar-refractivity contribution in [3.63, 3.8) is 0 Å². The Kier molecular flexibility index (Phi) is 2.82. The zero-order valence-corrected chi connectivity index (χ0v) is 11.7. The van der Waals surface area contributed by atoms with Gasteiger partial charge in [-0.05, 0) is 23.8 Å². The third kappa shape index (κ3) is 1.93. The fraction of sp³-hybridized carbons (Fsp3) is 0.235. The summed E-state index contributed by atoms with van der Waals surface area (Å²) >= 11 is 0. The maximum Gasteiger partial charge on any atom is 0.310 e. The van der Waals surface area contributed by atoms with Crippen LogP contribution in [0.15, 0.2) is 23.5 Å². The first-order chi connectivity index (χ1) is 10.6. The zero-order valence-electron chi connectivity index (χ0n) is 11.7. The van der Waals surface area contributed by atoms with Crippen LogP contribution in [-0.4, -0.2) is 24.3 Å². The Morgan fingerprint density at radius 1 is 1.23 bits per heavy atom. The van der Waals surface area contributed by atoms with Crippen LogP contribution < -0.4 is 15.2 Å². The number of aliphatic hydroxyl groups excluding tert-OH is 1. The number of hydrogen-bond donors (Lipinski definition) is 1. The molecule has 2 heterocycles. The average Bonchev–Trinajstić information content (AvgIpc) is 2.63. The second-order valence-corrected chi connectivity index (χ2v) is 5.46. The highest BCUT2D eigenvalue weighted by atomic mass is 19.1. The fourth-order valence-corrected chi connectivity index (χ4v) is 3.10. The predicted octanol–water partition coefficient (Wildman–Crippen LogP) is 1.33. The Morgan fingerprint density at radius 3 is 2.95 bits per heavy atom. The van der Waals surface area contributed by atoms with Crippen molar-refractivity contribution in [1.82, 2.24) is 0 Å². The Morgan fingerprint density at radius 2 is 2.09 bits per heavy atom. The number of cyclic esters (lactones) is 1. The molecule has 2 aliphatic heterocycles. The summed E-state index contributed by atoms with van der Waals surface area (Å²) in [6.07, 6.45) is 5.64. The molecule has 0 bridgehead atoms. The Hall–Kier alpha value is -2.56. The largest absolute Gasteiger partial charge is 0.508 e. The number of allylic oxidation sites excluding steroid dienone is 1. The van der Waals surface area contributed by atoms with Crippen LogP contribution in [-0.2, 0) is 9.53 Å². The van der Waals surface area contributed by atoms with E-state index in [-0.39, 0.29) is 24.8 Å². The summed E-state index contributed by atoms with van der Waals surface area (Å²) in [6, 6.07) is 1.44. The maximum absolute atomic E-state index is 14.7. The molecule has 4 nitrogen and oxygen atoms in total. The molecular weight excluding hydrogens is 287 g/mol. The molecule has 0 radical (unpaired) electrons. The number of aliphatic hydroxyl groups is 1. The molecule has 1 fully saturated rings. The van der Waals surface area contributed by atoms with E-state index in [9.17, 15) is 14.3 Å². The van der Waals surface area contributed by atoms with Crippen LogP contribution in [0.1, 0.15) is 18.4 Å². The van der Waals surface area contributed by atoms with Crippen LogP contribution in [0.2, 0.25) is 0 Å². The number of rotatable bonds is 0. The summed E-state index contributed by atoms with van der Waals surface area (Å²) in [6.45, 7) is 0.516. The number of carbonyl (C=O) groups is 1. The van der Waals surface area contributed by atoms with Crippen LogP contribution in [0.3, 0.4) is 0 Å². The van der Waals surface area contributed by atoms with Gasteiger partial charge in [-0.2, -0.15) is 0 Å². The summed E-state index contributed by atoms with van der Waals surface area (Å²) in [4.78, 5) is 11.5. The van der Waals surface area contributed by atoms with Crippen LogP contribution >= 0.6 is 0 Å². The first-order valence-electron chi connectivity index (χ1n) is 7.09. The van der Waals surface area contributed by atoms with Gasteiger partial charge in [-0.25, -0.2) is 4.39 Å². The van der Waals surface area contributed by atoms with Gasteiger partial charge in [-0.3, -0.25) is 4.79 Å². The molecule has 0 amide bonds. The highest BCUT2D eigenvalue weighted by molar-refractivity contribution is 5.87. The number of esters is 1. The maximum atomic E-state index is 14.7. The molecule has 0 atom stereocenters. The number of carbonyl (C=O) groups excluding carboxylic acids is 1. The standard InChI is InChI=1S/C17H13FO4/c18-14-5-9-2-1-3-21-17(9)12-7-11(19)4-10-6-15(20)22-8-13(10)16(12)14/h2,4-5,7,19H,1,3,6,8H2. The molecule has 4 rings (SSSR count). The molecule has 1 aromatic carbocycles. The Balaban J connectivity index is 2.12. The van der Waals surface area contributed by atoms with E-state index in [4.69, 9.17) is 9.47 Å². The number of fused-ring (bicyclic) bond motifs is 4. The molecule has 1 aromatic rings. The van der Waals surface area contributed by atoms with Crippen molar-refractivity contribution in [2.24, 2.45) is 0 Å². The van der Waals surface area contributed by atoms with Crippen LogP contribution in [0.5, 0.6) is 5.75 Å². The lowest BCUT2D eigenvalue weighted by Gasteiger charge is -2.20. The third-order valence-electron chi connectivity index (χ3n) is 4.04. The topological polar surface area (TPSA) is 55.8 Å². The minimum absolute atomic E-state index is 0.00178. The highest BCUT2D eigenvalue weighted by Crippen LogP contribution is 2.28. The highest BCUT2D eigenvalue weighted by Gasteiger charge is 2.26. The molecule has 1 aliphatic carbocycles. The monoisotopic (exact) mass is 300 g/mol. The summed E-state index contributed by atoms with van der Waals surface area (Å²) in [5.74, 6) is -0.245. The van der Waals surface area contributed by atoms with Gasteiger partial charge in [0.2, 0.25) is 0 Å². The molecule has 112 valence electrons. The zero-order chi connectivity index (χ0) is 15.3. The van der Waals surface area contributed by atoms with Gasteiger partial charge in [-0.15, -0.1) is 0 Å². The van der Waals surface area contributed by atoms with Gasteiger partial charge in [0.1, 0.15) is 23.9 Å². The van der Waals surface area contributed by atoms with Crippen molar-refractivity contribution < 1.29 is 23.8 Å².